The molecular formula is C19H18N4O2S3. The largest absolute Gasteiger partial charge is 0.497 e. The minimum absolute atomic E-state index is 0.191. The normalized spacial score (nSPS) is 10.9. The van der Waals surface area contributed by atoms with E-state index >= 15 is 0 Å². The Kier molecular flexibility index (Phi) is 7.89. The lowest BCUT2D eigenvalue weighted by Gasteiger charge is -1.99. The van der Waals surface area contributed by atoms with Gasteiger partial charge in [0.25, 0.3) is 5.91 Å². The molecule has 28 heavy (non-hydrogen) atoms. The molecule has 1 heterocycles. The number of carbonyl (C=O) groups excluding carboxylic acids is 1. The van der Waals surface area contributed by atoms with Crippen molar-refractivity contribution in [2.45, 2.75) is 14.4 Å². The predicted molar refractivity (Wildman–Crippen MR) is 115 cm³/mol. The average Bonchev–Trinajstić information content (AvgIpc) is 3.20. The standard InChI is InChI=1S/C19H18N4O2S3/c1-25-16-9-7-14(8-10-16)11-20-21-17(24)13-27-19-23-22-18(28-19)26-12-15-5-3-2-4-6-15/h2-11H,12-13H2,1H3,(H,21,24)/b20-11+. The third-order valence-corrected chi connectivity index (χ3v) is 6.70. The molecule has 0 saturated heterocycles. The van der Waals surface area contributed by atoms with Gasteiger partial charge in [-0.3, -0.25) is 4.79 Å². The van der Waals surface area contributed by atoms with E-state index < -0.39 is 0 Å². The molecule has 0 aliphatic heterocycles. The van der Waals surface area contributed by atoms with E-state index in [1.54, 1.807) is 25.1 Å². The van der Waals surface area contributed by atoms with E-state index in [4.69, 9.17) is 4.74 Å². The Balaban J connectivity index is 1.39. The second-order valence-corrected chi connectivity index (χ2v) is 8.89. The fourth-order valence-corrected chi connectivity index (χ4v) is 4.83. The fraction of sp³-hybridized carbons (Fsp3) is 0.158. The van der Waals surface area contributed by atoms with Crippen LogP contribution in [0, 0.1) is 0 Å². The van der Waals surface area contributed by atoms with Crippen LogP contribution in [0.4, 0.5) is 0 Å². The number of nitrogens with one attached hydrogen (secondary N) is 1. The summed E-state index contributed by atoms with van der Waals surface area (Å²) in [6.07, 6.45) is 1.59. The number of thioether (sulfide) groups is 2. The summed E-state index contributed by atoms with van der Waals surface area (Å²) in [5.74, 6) is 1.66. The third kappa shape index (κ3) is 6.66. The highest BCUT2D eigenvalue weighted by molar-refractivity contribution is 8.03. The van der Waals surface area contributed by atoms with Gasteiger partial charge in [-0.1, -0.05) is 65.2 Å². The molecule has 0 bridgehead atoms. The van der Waals surface area contributed by atoms with Gasteiger partial charge in [0.05, 0.1) is 19.1 Å². The number of hydrogen-bond acceptors (Lipinski definition) is 8. The summed E-state index contributed by atoms with van der Waals surface area (Å²) in [6, 6.07) is 17.6. The van der Waals surface area contributed by atoms with Gasteiger partial charge in [-0.15, -0.1) is 10.2 Å². The summed E-state index contributed by atoms with van der Waals surface area (Å²) in [5.41, 5.74) is 4.63. The van der Waals surface area contributed by atoms with Crippen LogP contribution < -0.4 is 10.2 Å². The zero-order valence-corrected chi connectivity index (χ0v) is 17.5. The fourth-order valence-electron chi connectivity index (χ4n) is 2.06. The Hall–Kier alpha value is -2.36. The number of nitrogens with zero attached hydrogens (tertiary/aromatic N) is 3. The highest BCUT2D eigenvalue weighted by Crippen LogP contribution is 2.30. The van der Waals surface area contributed by atoms with E-state index in [1.165, 1.54) is 28.7 Å². The minimum atomic E-state index is -0.191. The van der Waals surface area contributed by atoms with E-state index in [2.05, 4.69) is 32.9 Å². The minimum Gasteiger partial charge on any atom is -0.497 e. The Morgan fingerprint density at radius 2 is 1.82 bits per heavy atom. The molecule has 2 aromatic carbocycles. The highest BCUT2D eigenvalue weighted by Gasteiger charge is 2.08. The summed E-state index contributed by atoms with van der Waals surface area (Å²) >= 11 is 4.48. The molecule has 0 saturated carbocycles. The van der Waals surface area contributed by atoms with Crippen LogP contribution in [0.5, 0.6) is 5.75 Å². The van der Waals surface area contributed by atoms with Crippen molar-refractivity contribution in [2.24, 2.45) is 5.10 Å². The first-order valence-corrected chi connectivity index (χ1v) is 11.1. The molecule has 6 nitrogen and oxygen atoms in total. The van der Waals surface area contributed by atoms with Crippen LogP contribution >= 0.6 is 34.9 Å². The van der Waals surface area contributed by atoms with Crippen molar-refractivity contribution in [3.8, 4) is 5.75 Å². The molecule has 0 fully saturated rings. The van der Waals surface area contributed by atoms with Crippen LogP contribution in [0.15, 0.2) is 68.4 Å². The van der Waals surface area contributed by atoms with Gasteiger partial charge in [0.1, 0.15) is 5.75 Å². The molecule has 144 valence electrons. The molecule has 1 amide bonds. The molecule has 0 radical (unpaired) electrons. The Bertz CT molecular complexity index is 914. The van der Waals surface area contributed by atoms with E-state index in [-0.39, 0.29) is 11.7 Å². The molecule has 0 atom stereocenters. The zero-order valence-electron chi connectivity index (χ0n) is 15.1. The maximum Gasteiger partial charge on any atom is 0.250 e. The first kappa shape index (κ1) is 20.4. The van der Waals surface area contributed by atoms with Gasteiger partial charge in [0.15, 0.2) is 8.68 Å². The van der Waals surface area contributed by atoms with Gasteiger partial charge in [0, 0.05) is 5.75 Å². The van der Waals surface area contributed by atoms with E-state index in [0.29, 0.717) is 0 Å². The van der Waals surface area contributed by atoms with Gasteiger partial charge in [-0.2, -0.15) is 5.10 Å². The number of benzene rings is 2. The van der Waals surface area contributed by atoms with Gasteiger partial charge in [0.2, 0.25) is 0 Å². The van der Waals surface area contributed by atoms with Crippen molar-refractivity contribution in [2.75, 3.05) is 12.9 Å². The summed E-state index contributed by atoms with van der Waals surface area (Å²) in [6.45, 7) is 0. The summed E-state index contributed by atoms with van der Waals surface area (Å²) in [5, 5.41) is 12.3. The molecular weight excluding hydrogens is 412 g/mol. The molecule has 0 spiro atoms. The van der Waals surface area contributed by atoms with Crippen LogP contribution in [0.25, 0.3) is 0 Å². The number of methoxy groups -OCH3 is 1. The van der Waals surface area contributed by atoms with Crippen LogP contribution in [0.2, 0.25) is 0 Å². The Morgan fingerprint density at radius 1 is 1.11 bits per heavy atom. The smallest absolute Gasteiger partial charge is 0.250 e. The monoisotopic (exact) mass is 430 g/mol. The molecule has 1 aromatic heterocycles. The second-order valence-electron chi connectivity index (χ2n) is 5.46. The summed E-state index contributed by atoms with van der Waals surface area (Å²) < 4.78 is 6.76. The molecule has 3 aromatic rings. The van der Waals surface area contributed by atoms with E-state index in [9.17, 15) is 4.79 Å². The maximum atomic E-state index is 11.9. The number of ether oxygens (including phenoxy) is 1. The van der Waals surface area contributed by atoms with Crippen LogP contribution in [0.3, 0.4) is 0 Å². The highest BCUT2D eigenvalue weighted by atomic mass is 32.2. The first-order chi connectivity index (χ1) is 13.7. The first-order valence-electron chi connectivity index (χ1n) is 8.32. The van der Waals surface area contributed by atoms with Crippen molar-refractivity contribution in [1.29, 1.82) is 0 Å². The van der Waals surface area contributed by atoms with Gasteiger partial charge >= 0.3 is 0 Å². The van der Waals surface area contributed by atoms with Crippen LogP contribution in [0.1, 0.15) is 11.1 Å². The second kappa shape index (κ2) is 10.8. The molecule has 3 rings (SSSR count). The molecule has 0 unspecified atom stereocenters. The van der Waals surface area contributed by atoms with Crippen molar-refractivity contribution in [3.63, 3.8) is 0 Å². The molecule has 1 N–H and O–H groups in total. The quantitative estimate of drug-likeness (QED) is 0.313. The van der Waals surface area contributed by atoms with Gasteiger partial charge in [-0.05, 0) is 35.4 Å². The van der Waals surface area contributed by atoms with Gasteiger partial charge < -0.3 is 4.74 Å². The van der Waals surface area contributed by atoms with E-state index in [0.717, 1.165) is 25.7 Å². The van der Waals surface area contributed by atoms with Crippen LogP contribution in [-0.2, 0) is 10.5 Å². The number of aromatic nitrogens is 2. The lowest BCUT2D eigenvalue weighted by Crippen LogP contribution is -2.19. The predicted octanol–water partition coefficient (Wildman–Crippen LogP) is 4.08. The topological polar surface area (TPSA) is 76.5 Å². The van der Waals surface area contributed by atoms with Crippen LogP contribution in [-0.4, -0.2) is 35.2 Å². The molecule has 0 aliphatic carbocycles. The lowest BCUT2D eigenvalue weighted by molar-refractivity contribution is -0.118. The molecule has 0 aliphatic rings. The number of amides is 1. The van der Waals surface area contributed by atoms with Crippen molar-refractivity contribution in [1.82, 2.24) is 15.6 Å². The summed E-state index contributed by atoms with van der Waals surface area (Å²) in [4.78, 5) is 11.9. The van der Waals surface area contributed by atoms with Crippen molar-refractivity contribution in [3.05, 3.63) is 65.7 Å². The van der Waals surface area contributed by atoms with Crippen molar-refractivity contribution >= 4 is 47.0 Å². The van der Waals surface area contributed by atoms with E-state index in [1.807, 2.05) is 42.5 Å². The lowest BCUT2D eigenvalue weighted by atomic mass is 10.2. The summed E-state index contributed by atoms with van der Waals surface area (Å²) in [7, 11) is 1.61. The maximum absolute atomic E-state index is 11.9. The molecule has 9 heteroatoms. The number of hydrogen-bond donors (Lipinski definition) is 1. The Labute approximate surface area is 175 Å². The number of carbonyl (C=O) groups is 1. The SMILES string of the molecule is COc1ccc(/C=N/NC(=O)CSc2nnc(SCc3ccccc3)s2)cc1. The average molecular weight is 431 g/mol. The van der Waals surface area contributed by atoms with Crippen molar-refractivity contribution < 1.29 is 9.53 Å². The van der Waals surface area contributed by atoms with Gasteiger partial charge in [-0.25, -0.2) is 5.43 Å². The zero-order chi connectivity index (χ0) is 19.6. The third-order valence-electron chi connectivity index (χ3n) is 3.44. The Morgan fingerprint density at radius 3 is 2.54 bits per heavy atom. The number of rotatable bonds is 9. The number of hydrazone groups is 1.